The van der Waals surface area contributed by atoms with Gasteiger partial charge in [0.05, 0.1) is 10.6 Å². The summed E-state index contributed by atoms with van der Waals surface area (Å²) in [6.07, 6.45) is 1.75. The Hall–Kier alpha value is -1.72. The summed E-state index contributed by atoms with van der Waals surface area (Å²) in [5.74, 6) is -0.300. The quantitative estimate of drug-likeness (QED) is 0.693. The highest BCUT2D eigenvalue weighted by Crippen LogP contribution is 2.24. The van der Waals surface area contributed by atoms with Gasteiger partial charge in [-0.3, -0.25) is 4.79 Å². The number of nitrogens with zero attached hydrogens (tertiary/aromatic N) is 2. The van der Waals surface area contributed by atoms with Gasteiger partial charge in [0.2, 0.25) is 0 Å². The lowest BCUT2D eigenvalue weighted by Gasteiger charge is -2.08. The molecule has 4 nitrogen and oxygen atoms in total. The summed E-state index contributed by atoms with van der Waals surface area (Å²) in [6.45, 7) is 0. The molecule has 0 spiro atoms. The molecule has 1 N–H and O–H groups in total. The van der Waals surface area contributed by atoms with E-state index in [-0.39, 0.29) is 21.6 Å². The molecule has 18 heavy (non-hydrogen) atoms. The van der Waals surface area contributed by atoms with E-state index in [9.17, 15) is 9.18 Å². The molecule has 0 aliphatic carbocycles. The van der Waals surface area contributed by atoms with Crippen molar-refractivity contribution < 1.29 is 9.18 Å². The first-order valence-corrected chi connectivity index (χ1v) is 5.55. The van der Waals surface area contributed by atoms with Crippen LogP contribution in [0.1, 0.15) is 10.4 Å². The molecule has 1 aromatic carbocycles. The number of carbonyl (C=O) groups is 1. The van der Waals surface area contributed by atoms with Gasteiger partial charge in [-0.05, 0) is 18.2 Å². The second-order valence-corrected chi connectivity index (χ2v) is 4.06. The lowest BCUT2D eigenvalue weighted by Crippen LogP contribution is -2.00. The van der Waals surface area contributed by atoms with Crippen molar-refractivity contribution in [2.75, 3.05) is 5.32 Å². The highest BCUT2D eigenvalue weighted by Gasteiger charge is 2.09. The average Bonchev–Trinajstić information content (AvgIpc) is 2.34. The Morgan fingerprint density at radius 1 is 1.28 bits per heavy atom. The average molecular weight is 286 g/mol. The molecule has 2 rings (SSSR count). The van der Waals surface area contributed by atoms with Gasteiger partial charge < -0.3 is 5.32 Å². The molecule has 0 aliphatic rings. The summed E-state index contributed by atoms with van der Waals surface area (Å²) >= 11 is 11.4. The maximum Gasteiger partial charge on any atom is 0.156 e. The van der Waals surface area contributed by atoms with E-state index in [0.29, 0.717) is 12.0 Å². The third kappa shape index (κ3) is 2.57. The van der Waals surface area contributed by atoms with E-state index in [4.69, 9.17) is 23.2 Å². The van der Waals surface area contributed by atoms with E-state index in [1.54, 1.807) is 0 Å². The van der Waals surface area contributed by atoms with Gasteiger partial charge in [0.15, 0.2) is 6.29 Å². The lowest BCUT2D eigenvalue weighted by molar-refractivity contribution is 0.112. The van der Waals surface area contributed by atoms with Crippen molar-refractivity contribution in [3.8, 4) is 0 Å². The zero-order valence-electron chi connectivity index (χ0n) is 8.82. The Kier molecular flexibility index (Phi) is 3.74. The smallest absolute Gasteiger partial charge is 0.156 e. The van der Waals surface area contributed by atoms with Crippen molar-refractivity contribution in [3.05, 3.63) is 46.1 Å². The predicted molar refractivity (Wildman–Crippen MR) is 67.1 cm³/mol. The van der Waals surface area contributed by atoms with E-state index in [1.807, 2.05) is 0 Å². The number of benzene rings is 1. The van der Waals surface area contributed by atoms with E-state index in [1.165, 1.54) is 24.5 Å². The molecule has 0 bridgehead atoms. The van der Waals surface area contributed by atoms with Crippen LogP contribution >= 0.6 is 23.2 Å². The molecule has 0 radical (unpaired) electrons. The number of rotatable bonds is 3. The third-order valence-electron chi connectivity index (χ3n) is 2.14. The Morgan fingerprint density at radius 3 is 2.72 bits per heavy atom. The molecule has 2 aromatic rings. The predicted octanol–water partition coefficient (Wildman–Crippen LogP) is 3.48. The van der Waals surface area contributed by atoms with E-state index < -0.39 is 5.82 Å². The number of anilines is 2. The summed E-state index contributed by atoms with van der Waals surface area (Å²) in [7, 11) is 0. The number of halogens is 3. The number of aromatic nitrogens is 2. The first-order valence-electron chi connectivity index (χ1n) is 4.79. The van der Waals surface area contributed by atoms with Crippen molar-refractivity contribution in [1.29, 1.82) is 0 Å². The fraction of sp³-hybridized carbons (Fsp3) is 0. The van der Waals surface area contributed by atoms with Gasteiger partial charge in [0, 0.05) is 5.69 Å². The Labute approximate surface area is 112 Å². The monoisotopic (exact) mass is 285 g/mol. The topological polar surface area (TPSA) is 54.9 Å². The van der Waals surface area contributed by atoms with Crippen LogP contribution in [-0.4, -0.2) is 16.3 Å². The molecular formula is C11H6Cl2FN3O. The molecule has 0 saturated carbocycles. The summed E-state index contributed by atoms with van der Waals surface area (Å²) in [4.78, 5) is 18.4. The van der Waals surface area contributed by atoms with Crippen LogP contribution in [0.25, 0.3) is 0 Å². The summed E-state index contributed by atoms with van der Waals surface area (Å²) in [6, 6.07) is 4.04. The second-order valence-electron chi connectivity index (χ2n) is 3.30. The Morgan fingerprint density at radius 2 is 2.06 bits per heavy atom. The van der Waals surface area contributed by atoms with E-state index in [0.717, 1.165) is 0 Å². The number of carbonyl (C=O) groups excluding carboxylic acids is 1. The van der Waals surface area contributed by atoms with Crippen LogP contribution in [0.3, 0.4) is 0 Å². The van der Waals surface area contributed by atoms with E-state index in [2.05, 4.69) is 15.3 Å². The van der Waals surface area contributed by atoms with E-state index >= 15 is 0 Å². The van der Waals surface area contributed by atoms with Crippen LogP contribution in [0.5, 0.6) is 0 Å². The zero-order chi connectivity index (χ0) is 13.1. The summed E-state index contributed by atoms with van der Waals surface area (Å²) in [5, 5.41) is 2.82. The highest BCUT2D eigenvalue weighted by molar-refractivity contribution is 6.32. The van der Waals surface area contributed by atoms with Gasteiger partial charge in [-0.25, -0.2) is 14.4 Å². The molecular weight excluding hydrogens is 280 g/mol. The van der Waals surface area contributed by atoms with Crippen LogP contribution in [0.2, 0.25) is 10.2 Å². The maximum atomic E-state index is 13.0. The zero-order valence-corrected chi connectivity index (χ0v) is 10.3. The lowest BCUT2D eigenvalue weighted by atomic mass is 10.3. The fourth-order valence-corrected chi connectivity index (χ4v) is 1.65. The highest BCUT2D eigenvalue weighted by atomic mass is 35.5. The van der Waals surface area contributed by atoms with Crippen LogP contribution in [0, 0.1) is 5.82 Å². The van der Waals surface area contributed by atoms with Gasteiger partial charge in [-0.1, -0.05) is 23.2 Å². The molecule has 0 amide bonds. The SMILES string of the molecule is O=Cc1c(Cl)ncnc1Nc1ccc(F)c(Cl)c1. The van der Waals surface area contributed by atoms with Gasteiger partial charge >= 0.3 is 0 Å². The van der Waals surface area contributed by atoms with Crippen LogP contribution in [0.4, 0.5) is 15.9 Å². The van der Waals surface area contributed by atoms with Crippen molar-refractivity contribution >= 4 is 41.0 Å². The minimum atomic E-state index is -0.529. The summed E-state index contributed by atoms with van der Waals surface area (Å²) in [5.41, 5.74) is 0.610. The van der Waals surface area contributed by atoms with Crippen molar-refractivity contribution in [2.45, 2.75) is 0 Å². The molecule has 0 fully saturated rings. The first kappa shape index (κ1) is 12.7. The van der Waals surface area contributed by atoms with Gasteiger partial charge in [-0.15, -0.1) is 0 Å². The van der Waals surface area contributed by atoms with Crippen LogP contribution in [-0.2, 0) is 0 Å². The molecule has 0 saturated heterocycles. The molecule has 1 heterocycles. The minimum absolute atomic E-state index is 0.0344. The van der Waals surface area contributed by atoms with Crippen molar-refractivity contribution in [2.24, 2.45) is 0 Å². The standard InChI is InChI=1S/C11H6Cl2FN3O/c12-8-3-6(1-2-9(8)14)17-11-7(4-18)10(13)15-5-16-11/h1-5H,(H,15,16,17). The molecule has 1 aromatic heterocycles. The number of hydrogen-bond donors (Lipinski definition) is 1. The van der Waals surface area contributed by atoms with Crippen LogP contribution in [0.15, 0.2) is 24.5 Å². The van der Waals surface area contributed by atoms with Gasteiger partial charge in [-0.2, -0.15) is 0 Å². The molecule has 0 aliphatic heterocycles. The fourth-order valence-electron chi connectivity index (χ4n) is 1.29. The normalized spacial score (nSPS) is 10.2. The molecule has 0 unspecified atom stereocenters. The number of aldehydes is 1. The number of nitrogens with one attached hydrogen (secondary N) is 1. The molecule has 0 atom stereocenters. The molecule has 92 valence electrons. The first-order chi connectivity index (χ1) is 8.61. The van der Waals surface area contributed by atoms with Gasteiger partial charge in [0.25, 0.3) is 0 Å². The third-order valence-corrected chi connectivity index (χ3v) is 2.73. The molecule has 7 heteroatoms. The van der Waals surface area contributed by atoms with Gasteiger partial charge in [0.1, 0.15) is 23.1 Å². The Balaban J connectivity index is 2.36. The summed E-state index contributed by atoms with van der Waals surface area (Å²) < 4.78 is 13.0. The van der Waals surface area contributed by atoms with Crippen molar-refractivity contribution in [3.63, 3.8) is 0 Å². The van der Waals surface area contributed by atoms with Crippen LogP contribution < -0.4 is 5.32 Å². The minimum Gasteiger partial charge on any atom is -0.339 e. The largest absolute Gasteiger partial charge is 0.339 e. The second kappa shape index (κ2) is 5.29. The Bertz CT molecular complexity index is 607. The van der Waals surface area contributed by atoms with Crippen molar-refractivity contribution in [1.82, 2.24) is 9.97 Å². The number of hydrogen-bond acceptors (Lipinski definition) is 4. The maximum absolute atomic E-state index is 13.0.